The van der Waals surface area contributed by atoms with Crippen LogP contribution in [-0.4, -0.2) is 31.7 Å². The molecule has 2 aromatic carbocycles. The Balaban J connectivity index is 0.00000133. The smallest absolute Gasteiger partial charge is 0.354 e. The largest absolute Gasteiger partial charge is 0.489 e. The molecule has 0 aromatic heterocycles. The number of hydrogen-bond acceptors (Lipinski definition) is 9. The Labute approximate surface area is 200 Å². The van der Waals surface area contributed by atoms with Crippen LogP contribution in [0.15, 0.2) is 47.7 Å². The zero-order valence-electron chi connectivity index (χ0n) is 20.3. The predicted molar refractivity (Wildman–Crippen MR) is 133 cm³/mol. The lowest BCUT2D eigenvalue weighted by molar-refractivity contribution is -0.138. The van der Waals surface area contributed by atoms with Crippen LogP contribution in [-0.2, 0) is 20.9 Å². The van der Waals surface area contributed by atoms with Gasteiger partial charge in [0, 0.05) is 23.7 Å². The molecular formula is C24H34N6O4. The number of ether oxygens (including phenoxy) is 2. The SMILES string of the molecule is CCOC(=O)/C(N)=C(\C)C(=N)c1ccc(OCc2c(C)cccc2N(C)N)c(C)c1.NNC=O. The highest BCUT2D eigenvalue weighted by Crippen LogP contribution is 2.26. The van der Waals surface area contributed by atoms with Crippen molar-refractivity contribution in [3.05, 3.63) is 69.9 Å². The van der Waals surface area contributed by atoms with Crippen molar-refractivity contribution in [3.8, 4) is 5.75 Å². The second-order valence-corrected chi connectivity index (χ2v) is 7.37. The van der Waals surface area contributed by atoms with Crippen molar-refractivity contribution in [1.82, 2.24) is 5.43 Å². The van der Waals surface area contributed by atoms with E-state index in [1.165, 1.54) is 0 Å². The number of anilines is 1. The maximum absolute atomic E-state index is 11.8. The monoisotopic (exact) mass is 470 g/mol. The quantitative estimate of drug-likeness (QED) is 0.0704. The summed E-state index contributed by atoms with van der Waals surface area (Å²) >= 11 is 0. The zero-order valence-corrected chi connectivity index (χ0v) is 20.3. The van der Waals surface area contributed by atoms with Gasteiger partial charge in [-0.25, -0.2) is 16.5 Å². The van der Waals surface area contributed by atoms with Crippen LogP contribution in [0.3, 0.4) is 0 Å². The zero-order chi connectivity index (χ0) is 25.8. The molecule has 0 fully saturated rings. The van der Waals surface area contributed by atoms with Crippen molar-refractivity contribution >= 4 is 23.8 Å². The highest BCUT2D eigenvalue weighted by Gasteiger charge is 2.16. The number of aryl methyl sites for hydroxylation is 2. The average Bonchev–Trinajstić information content (AvgIpc) is 2.82. The number of allylic oxidation sites excluding steroid dienone is 1. The number of carbonyl (C=O) groups is 2. The van der Waals surface area contributed by atoms with Crippen molar-refractivity contribution < 1.29 is 19.1 Å². The summed E-state index contributed by atoms with van der Waals surface area (Å²) < 4.78 is 11.0. The highest BCUT2D eigenvalue weighted by molar-refractivity contribution is 6.13. The summed E-state index contributed by atoms with van der Waals surface area (Å²) in [6, 6.07) is 11.4. The third kappa shape index (κ3) is 7.61. The molecule has 0 spiro atoms. The first-order valence-electron chi connectivity index (χ1n) is 10.5. The molecule has 0 radical (unpaired) electrons. The summed E-state index contributed by atoms with van der Waals surface area (Å²) in [5.41, 5.74) is 12.6. The number of esters is 1. The molecule has 0 bridgehead atoms. The molecule has 1 amide bonds. The minimum atomic E-state index is -0.615. The average molecular weight is 471 g/mol. The lowest BCUT2D eigenvalue weighted by Crippen LogP contribution is -2.26. The predicted octanol–water partition coefficient (Wildman–Crippen LogP) is 1.96. The fraction of sp³-hybridized carbons (Fsp3) is 0.292. The molecule has 10 heteroatoms. The number of benzene rings is 2. The van der Waals surface area contributed by atoms with Crippen molar-refractivity contribution in [2.45, 2.75) is 34.3 Å². The van der Waals surface area contributed by atoms with Crippen molar-refractivity contribution in [2.75, 3.05) is 18.7 Å². The summed E-state index contributed by atoms with van der Waals surface area (Å²) in [5, 5.41) is 9.97. The van der Waals surface area contributed by atoms with E-state index in [0.717, 1.165) is 22.4 Å². The van der Waals surface area contributed by atoms with Crippen molar-refractivity contribution in [2.24, 2.45) is 17.4 Å². The minimum Gasteiger partial charge on any atom is -0.489 e. The number of nitrogens with zero attached hydrogens (tertiary/aromatic N) is 1. The van der Waals surface area contributed by atoms with E-state index < -0.39 is 5.97 Å². The fourth-order valence-electron chi connectivity index (χ4n) is 3.03. The van der Waals surface area contributed by atoms with Crippen LogP contribution in [0.2, 0.25) is 0 Å². The molecule has 0 unspecified atom stereocenters. The second-order valence-electron chi connectivity index (χ2n) is 7.37. The van der Waals surface area contributed by atoms with Gasteiger partial charge >= 0.3 is 5.97 Å². The normalized spacial score (nSPS) is 10.8. The fourth-order valence-corrected chi connectivity index (χ4v) is 3.03. The van der Waals surface area contributed by atoms with E-state index in [0.29, 0.717) is 29.9 Å². The number of carbonyl (C=O) groups excluding carboxylic acids is 2. The van der Waals surface area contributed by atoms with Gasteiger partial charge in [-0.05, 0) is 63.1 Å². The summed E-state index contributed by atoms with van der Waals surface area (Å²) in [7, 11) is 1.79. The van der Waals surface area contributed by atoms with E-state index in [1.54, 1.807) is 37.4 Å². The van der Waals surface area contributed by atoms with Gasteiger partial charge in [-0.15, -0.1) is 0 Å². The number of rotatable bonds is 9. The van der Waals surface area contributed by atoms with E-state index in [-0.39, 0.29) is 18.0 Å². The molecule has 0 saturated heterocycles. The first-order valence-corrected chi connectivity index (χ1v) is 10.5. The van der Waals surface area contributed by atoms with Crippen LogP contribution >= 0.6 is 0 Å². The maximum Gasteiger partial charge on any atom is 0.354 e. The lowest BCUT2D eigenvalue weighted by atomic mass is 10.00. The molecule has 34 heavy (non-hydrogen) atoms. The van der Waals surface area contributed by atoms with Crippen LogP contribution in [0.1, 0.15) is 36.1 Å². The number of nitrogens with two attached hydrogens (primary N) is 3. The van der Waals surface area contributed by atoms with Crippen molar-refractivity contribution in [1.29, 1.82) is 5.41 Å². The summed E-state index contributed by atoms with van der Waals surface area (Å²) in [5.74, 6) is 10.4. The molecule has 0 aliphatic rings. The van der Waals surface area contributed by atoms with Crippen LogP contribution in [0.25, 0.3) is 0 Å². The van der Waals surface area contributed by atoms with Gasteiger partial charge in [0.25, 0.3) is 0 Å². The maximum atomic E-state index is 11.8. The number of nitrogens with one attached hydrogen (secondary N) is 2. The van der Waals surface area contributed by atoms with Gasteiger partial charge in [0.1, 0.15) is 18.1 Å². The Morgan fingerprint density at radius 3 is 2.38 bits per heavy atom. The molecule has 8 N–H and O–H groups in total. The third-order valence-electron chi connectivity index (χ3n) is 4.94. The molecule has 0 heterocycles. The molecule has 0 atom stereocenters. The standard InChI is InChI=1S/C23H30N4O3.CH4N2O/c1-6-29-23(28)22(25)16(4)21(24)17-10-11-20(15(3)12-17)30-13-18-14(2)8-7-9-19(18)27(5)26;2-3-1-4/h7-12,24H,6,13,25-26H2,1-5H3;1H,2H2,(H,3,4)/b22-16-,24-21?;. The van der Waals surface area contributed by atoms with E-state index in [9.17, 15) is 4.79 Å². The third-order valence-corrected chi connectivity index (χ3v) is 4.94. The Hall–Kier alpha value is -3.89. The second kappa shape index (κ2) is 13.6. The summed E-state index contributed by atoms with van der Waals surface area (Å²) in [6.07, 6.45) is 0.403. The van der Waals surface area contributed by atoms with Gasteiger partial charge in [-0.1, -0.05) is 12.1 Å². The first-order chi connectivity index (χ1) is 16.1. The van der Waals surface area contributed by atoms with Crippen LogP contribution in [0.4, 0.5) is 5.69 Å². The van der Waals surface area contributed by atoms with E-state index in [4.69, 9.17) is 31.3 Å². The number of amides is 1. The van der Waals surface area contributed by atoms with Gasteiger partial charge in [-0.3, -0.25) is 15.6 Å². The topological polar surface area (TPSA) is 170 Å². The van der Waals surface area contributed by atoms with Gasteiger partial charge in [0.2, 0.25) is 6.41 Å². The Bertz CT molecular complexity index is 1050. The lowest BCUT2D eigenvalue weighted by Gasteiger charge is -2.20. The van der Waals surface area contributed by atoms with Crippen LogP contribution in [0.5, 0.6) is 5.75 Å². The molecule has 2 rings (SSSR count). The highest BCUT2D eigenvalue weighted by atomic mass is 16.5. The van der Waals surface area contributed by atoms with Gasteiger partial charge < -0.3 is 20.2 Å². The van der Waals surface area contributed by atoms with E-state index in [1.807, 2.05) is 44.2 Å². The molecule has 0 aliphatic heterocycles. The Morgan fingerprint density at radius 1 is 1.21 bits per heavy atom. The Kier molecular flexibility index (Phi) is 11.3. The molecular weight excluding hydrogens is 436 g/mol. The molecule has 10 nitrogen and oxygen atoms in total. The van der Waals surface area contributed by atoms with Crippen LogP contribution < -0.4 is 32.6 Å². The van der Waals surface area contributed by atoms with Crippen molar-refractivity contribution in [3.63, 3.8) is 0 Å². The van der Waals surface area contributed by atoms with Gasteiger partial charge in [0.15, 0.2) is 0 Å². The van der Waals surface area contributed by atoms with Crippen LogP contribution in [0, 0.1) is 19.3 Å². The molecule has 2 aromatic rings. The molecule has 0 aliphatic carbocycles. The summed E-state index contributed by atoms with van der Waals surface area (Å²) in [4.78, 5) is 20.8. The van der Waals surface area contributed by atoms with Gasteiger partial charge in [0.05, 0.1) is 18.0 Å². The molecule has 184 valence electrons. The first kappa shape index (κ1) is 28.1. The van der Waals surface area contributed by atoms with E-state index in [2.05, 4.69) is 5.84 Å². The Morgan fingerprint density at radius 2 is 1.85 bits per heavy atom. The number of hydrazine groups is 2. The number of hydrogen-bond donors (Lipinski definition) is 5. The van der Waals surface area contributed by atoms with Gasteiger partial charge in [-0.2, -0.15) is 0 Å². The summed E-state index contributed by atoms with van der Waals surface area (Å²) in [6.45, 7) is 7.88. The minimum absolute atomic E-state index is 0.0576. The molecule has 0 saturated carbocycles. The van der Waals surface area contributed by atoms with E-state index >= 15 is 0 Å².